The van der Waals surface area contributed by atoms with Gasteiger partial charge in [-0.3, -0.25) is 14.6 Å². The van der Waals surface area contributed by atoms with Crippen molar-refractivity contribution >= 4 is 5.91 Å². The molecular formula is C17H23N5O2. The molecular weight excluding hydrogens is 306 g/mol. The zero-order chi connectivity index (χ0) is 16.7. The maximum absolute atomic E-state index is 13.0. The SMILES string of the molecule is Cn1cc([C@@H]2CN(C(=O)c3n[nH]c4c3CCCC4)C[C@H]2CO)cn1. The van der Waals surface area contributed by atoms with Crippen LogP contribution in [0.1, 0.15) is 46.1 Å². The van der Waals surface area contributed by atoms with Gasteiger partial charge in [-0.05, 0) is 31.2 Å². The van der Waals surface area contributed by atoms with E-state index < -0.39 is 0 Å². The van der Waals surface area contributed by atoms with Crippen molar-refractivity contribution in [3.8, 4) is 0 Å². The van der Waals surface area contributed by atoms with Crippen LogP contribution in [-0.2, 0) is 19.9 Å². The number of hydrogen-bond acceptors (Lipinski definition) is 4. The van der Waals surface area contributed by atoms with E-state index in [4.69, 9.17) is 0 Å². The lowest BCUT2D eigenvalue weighted by Gasteiger charge is -2.17. The van der Waals surface area contributed by atoms with Gasteiger partial charge in [0.05, 0.1) is 6.20 Å². The molecule has 128 valence electrons. The average Bonchev–Trinajstić information content (AvgIpc) is 3.31. The topological polar surface area (TPSA) is 87.0 Å². The fourth-order valence-corrected chi connectivity index (χ4v) is 4.04. The van der Waals surface area contributed by atoms with Gasteiger partial charge in [0.15, 0.2) is 5.69 Å². The Kier molecular flexibility index (Phi) is 3.88. The molecule has 2 atom stereocenters. The number of carbonyl (C=O) groups is 1. The Balaban J connectivity index is 1.56. The molecule has 2 aromatic rings. The van der Waals surface area contributed by atoms with Crippen molar-refractivity contribution in [3.05, 3.63) is 34.9 Å². The van der Waals surface area contributed by atoms with Gasteiger partial charge in [0.25, 0.3) is 5.91 Å². The molecule has 24 heavy (non-hydrogen) atoms. The first-order valence-corrected chi connectivity index (χ1v) is 8.62. The van der Waals surface area contributed by atoms with Crippen molar-refractivity contribution in [2.24, 2.45) is 13.0 Å². The number of hydrogen-bond donors (Lipinski definition) is 2. The summed E-state index contributed by atoms with van der Waals surface area (Å²) in [7, 11) is 1.88. The number of aryl methyl sites for hydroxylation is 2. The summed E-state index contributed by atoms with van der Waals surface area (Å²) in [4.78, 5) is 14.8. The molecule has 0 saturated carbocycles. The third kappa shape index (κ3) is 2.53. The van der Waals surface area contributed by atoms with Crippen LogP contribution in [0.25, 0.3) is 0 Å². The fraction of sp³-hybridized carbons (Fsp3) is 0.588. The zero-order valence-electron chi connectivity index (χ0n) is 13.9. The van der Waals surface area contributed by atoms with E-state index in [2.05, 4.69) is 15.3 Å². The zero-order valence-corrected chi connectivity index (χ0v) is 13.9. The minimum atomic E-state index is -0.0146. The molecule has 7 nitrogen and oxygen atoms in total. The first kappa shape index (κ1) is 15.4. The Morgan fingerprint density at radius 2 is 2.21 bits per heavy atom. The number of aromatic amines is 1. The molecule has 0 aromatic carbocycles. The second-order valence-electron chi connectivity index (χ2n) is 6.94. The van der Waals surface area contributed by atoms with Gasteiger partial charge < -0.3 is 10.0 Å². The molecule has 0 spiro atoms. The number of fused-ring (bicyclic) bond motifs is 1. The van der Waals surface area contributed by atoms with Crippen LogP contribution >= 0.6 is 0 Å². The molecule has 3 heterocycles. The number of amides is 1. The van der Waals surface area contributed by atoms with E-state index in [0.29, 0.717) is 18.8 Å². The van der Waals surface area contributed by atoms with Crippen molar-refractivity contribution in [3.63, 3.8) is 0 Å². The van der Waals surface area contributed by atoms with E-state index >= 15 is 0 Å². The van der Waals surface area contributed by atoms with Crippen LogP contribution in [0.4, 0.5) is 0 Å². The van der Waals surface area contributed by atoms with Crippen LogP contribution in [0.2, 0.25) is 0 Å². The number of rotatable bonds is 3. The van der Waals surface area contributed by atoms with Crippen molar-refractivity contribution in [2.45, 2.75) is 31.6 Å². The van der Waals surface area contributed by atoms with Crippen LogP contribution in [-0.4, -0.2) is 55.6 Å². The number of likely N-dealkylation sites (tertiary alicyclic amines) is 1. The number of aliphatic hydroxyl groups excluding tert-OH is 1. The summed E-state index contributed by atoms with van der Waals surface area (Å²) in [6.07, 6.45) is 7.98. The molecule has 0 unspecified atom stereocenters. The molecule has 1 amide bonds. The lowest BCUT2D eigenvalue weighted by Crippen LogP contribution is -2.30. The molecule has 1 saturated heterocycles. The number of aromatic nitrogens is 4. The van der Waals surface area contributed by atoms with Gasteiger partial charge in [-0.15, -0.1) is 0 Å². The Morgan fingerprint density at radius 1 is 1.38 bits per heavy atom. The van der Waals surface area contributed by atoms with Crippen LogP contribution in [0.5, 0.6) is 0 Å². The molecule has 0 bridgehead atoms. The number of H-pyrrole nitrogens is 1. The third-order valence-corrected chi connectivity index (χ3v) is 5.37. The summed E-state index contributed by atoms with van der Waals surface area (Å²) in [5, 5.41) is 21.3. The molecule has 2 N–H and O–H groups in total. The monoisotopic (exact) mass is 329 g/mol. The van der Waals surface area contributed by atoms with E-state index in [9.17, 15) is 9.90 Å². The molecule has 4 rings (SSSR count). The second-order valence-corrected chi connectivity index (χ2v) is 6.94. The van der Waals surface area contributed by atoms with Gasteiger partial charge in [-0.1, -0.05) is 0 Å². The normalized spacial score (nSPS) is 23.5. The van der Waals surface area contributed by atoms with Crippen LogP contribution in [0.3, 0.4) is 0 Å². The van der Waals surface area contributed by atoms with Gasteiger partial charge in [-0.2, -0.15) is 10.2 Å². The average molecular weight is 329 g/mol. The first-order valence-electron chi connectivity index (χ1n) is 8.62. The highest BCUT2D eigenvalue weighted by molar-refractivity contribution is 5.94. The van der Waals surface area contributed by atoms with Gasteiger partial charge in [0.1, 0.15) is 0 Å². The van der Waals surface area contributed by atoms with E-state index in [1.807, 2.05) is 24.3 Å². The lowest BCUT2D eigenvalue weighted by molar-refractivity contribution is 0.0774. The molecule has 1 aliphatic heterocycles. The smallest absolute Gasteiger partial charge is 0.274 e. The minimum absolute atomic E-state index is 0.0146. The summed E-state index contributed by atoms with van der Waals surface area (Å²) in [5.41, 5.74) is 3.87. The first-order chi connectivity index (χ1) is 11.7. The van der Waals surface area contributed by atoms with Gasteiger partial charge in [-0.25, -0.2) is 0 Å². The van der Waals surface area contributed by atoms with E-state index in [-0.39, 0.29) is 24.3 Å². The highest BCUT2D eigenvalue weighted by Gasteiger charge is 2.38. The number of carbonyl (C=O) groups excluding carboxylic acids is 1. The Bertz CT molecular complexity index is 750. The highest BCUT2D eigenvalue weighted by Crippen LogP contribution is 2.33. The molecule has 1 aliphatic carbocycles. The number of nitrogens with one attached hydrogen (secondary N) is 1. The number of nitrogens with zero attached hydrogens (tertiary/aromatic N) is 4. The molecule has 2 aromatic heterocycles. The van der Waals surface area contributed by atoms with E-state index in [0.717, 1.165) is 42.5 Å². The minimum Gasteiger partial charge on any atom is -0.396 e. The summed E-state index contributed by atoms with van der Waals surface area (Å²) in [6.45, 7) is 1.25. The van der Waals surface area contributed by atoms with Crippen molar-refractivity contribution < 1.29 is 9.90 Å². The fourth-order valence-electron chi connectivity index (χ4n) is 4.04. The van der Waals surface area contributed by atoms with Crippen LogP contribution in [0, 0.1) is 5.92 Å². The van der Waals surface area contributed by atoms with Crippen LogP contribution in [0.15, 0.2) is 12.4 Å². The maximum Gasteiger partial charge on any atom is 0.274 e. The largest absolute Gasteiger partial charge is 0.396 e. The molecule has 1 fully saturated rings. The summed E-state index contributed by atoms with van der Waals surface area (Å²) >= 11 is 0. The predicted octanol–water partition coefficient (Wildman–Crippen LogP) is 0.870. The molecule has 2 aliphatic rings. The van der Waals surface area contributed by atoms with Gasteiger partial charge >= 0.3 is 0 Å². The molecule has 0 radical (unpaired) electrons. The maximum atomic E-state index is 13.0. The highest BCUT2D eigenvalue weighted by atomic mass is 16.3. The second kappa shape index (κ2) is 6.05. The summed E-state index contributed by atoms with van der Waals surface area (Å²) in [6, 6.07) is 0. The predicted molar refractivity (Wildman–Crippen MR) is 87.7 cm³/mol. The van der Waals surface area contributed by atoms with Gasteiger partial charge in [0.2, 0.25) is 0 Å². The molecule has 7 heteroatoms. The number of aliphatic hydroxyl groups is 1. The van der Waals surface area contributed by atoms with E-state index in [1.54, 1.807) is 4.68 Å². The summed E-state index contributed by atoms with van der Waals surface area (Å²) in [5.74, 6) is 0.162. The Hall–Kier alpha value is -2.15. The van der Waals surface area contributed by atoms with Crippen molar-refractivity contribution in [1.82, 2.24) is 24.9 Å². The van der Waals surface area contributed by atoms with Gasteiger partial charge in [0, 0.05) is 56.0 Å². The lowest BCUT2D eigenvalue weighted by atomic mass is 9.92. The van der Waals surface area contributed by atoms with E-state index in [1.165, 1.54) is 0 Å². The Morgan fingerprint density at radius 3 is 2.96 bits per heavy atom. The standard InChI is InChI=1S/C17H23N5O2/c1-21-7-11(6-18-21)14-9-22(8-12(14)10-23)17(24)16-13-4-2-3-5-15(13)19-20-16/h6-7,12,14,23H,2-5,8-10H2,1H3,(H,19,20)/t12-,14-/m0/s1. The van der Waals surface area contributed by atoms with Crippen molar-refractivity contribution in [1.29, 1.82) is 0 Å². The quantitative estimate of drug-likeness (QED) is 0.875. The van der Waals surface area contributed by atoms with Crippen molar-refractivity contribution in [2.75, 3.05) is 19.7 Å². The third-order valence-electron chi connectivity index (χ3n) is 5.37. The van der Waals surface area contributed by atoms with Crippen LogP contribution < -0.4 is 0 Å². The summed E-state index contributed by atoms with van der Waals surface area (Å²) < 4.78 is 1.76. The Labute approximate surface area is 140 Å².